The summed E-state index contributed by atoms with van der Waals surface area (Å²) in [5.41, 5.74) is 0.894. The van der Waals surface area contributed by atoms with E-state index in [1.165, 1.54) is 0 Å². The Hall–Kier alpha value is -1.53. The second-order valence-corrected chi connectivity index (χ2v) is 5.74. The lowest BCUT2D eigenvalue weighted by Gasteiger charge is -2.07. The van der Waals surface area contributed by atoms with Gasteiger partial charge in [-0.25, -0.2) is 0 Å². The largest absolute Gasteiger partial charge is 0.436 e. The van der Waals surface area contributed by atoms with E-state index in [1.54, 1.807) is 18.5 Å². The Morgan fingerprint density at radius 1 is 1.25 bits per heavy atom. The molecule has 0 aromatic carbocycles. The van der Waals surface area contributed by atoms with Crippen LogP contribution in [0.25, 0.3) is 0 Å². The minimum atomic E-state index is 0.456. The van der Waals surface area contributed by atoms with Crippen LogP contribution in [-0.2, 0) is 6.54 Å². The van der Waals surface area contributed by atoms with E-state index in [0.717, 1.165) is 16.7 Å². The van der Waals surface area contributed by atoms with Crippen LogP contribution in [0.1, 0.15) is 19.5 Å². The van der Waals surface area contributed by atoms with Crippen LogP contribution < -0.4 is 10.1 Å². The van der Waals surface area contributed by atoms with Crippen LogP contribution in [0, 0.1) is 5.92 Å². The summed E-state index contributed by atoms with van der Waals surface area (Å²) < 4.78 is 6.43. The molecule has 0 unspecified atom stereocenters. The second-order valence-electron chi connectivity index (χ2n) is 4.83. The van der Waals surface area contributed by atoms with Gasteiger partial charge >= 0.3 is 0 Å². The molecule has 0 saturated carbocycles. The highest BCUT2D eigenvalue weighted by Crippen LogP contribution is 2.21. The van der Waals surface area contributed by atoms with Gasteiger partial charge in [-0.15, -0.1) is 5.10 Å². The third-order valence-electron chi connectivity index (χ3n) is 2.46. The number of rotatable bonds is 6. The SMILES string of the molecule is CC(C)CNCc1ccc(Oc2cncc(Br)c2)nn1. The van der Waals surface area contributed by atoms with Crippen molar-refractivity contribution in [2.75, 3.05) is 6.54 Å². The maximum atomic E-state index is 5.57. The molecule has 2 aromatic rings. The van der Waals surface area contributed by atoms with Crippen molar-refractivity contribution in [1.29, 1.82) is 0 Å². The van der Waals surface area contributed by atoms with Gasteiger partial charge in [0.1, 0.15) is 5.75 Å². The molecular weight excluding hydrogens is 320 g/mol. The first kappa shape index (κ1) is 14.9. The first-order valence-corrected chi connectivity index (χ1v) is 7.24. The molecule has 6 heteroatoms. The maximum absolute atomic E-state index is 5.57. The van der Waals surface area contributed by atoms with Crippen LogP contribution >= 0.6 is 15.9 Å². The predicted octanol–water partition coefficient (Wildman–Crippen LogP) is 3.17. The highest BCUT2D eigenvalue weighted by molar-refractivity contribution is 9.10. The molecule has 0 bridgehead atoms. The van der Waals surface area contributed by atoms with Crippen molar-refractivity contribution in [3.05, 3.63) is 40.8 Å². The Morgan fingerprint density at radius 3 is 2.75 bits per heavy atom. The van der Waals surface area contributed by atoms with Crippen LogP contribution in [0.3, 0.4) is 0 Å². The average molecular weight is 337 g/mol. The van der Waals surface area contributed by atoms with Crippen LogP contribution in [0.2, 0.25) is 0 Å². The van der Waals surface area contributed by atoms with Crippen LogP contribution in [0.5, 0.6) is 11.6 Å². The molecule has 0 fully saturated rings. The van der Waals surface area contributed by atoms with E-state index in [4.69, 9.17) is 4.74 Å². The van der Waals surface area contributed by atoms with Crippen molar-refractivity contribution in [2.24, 2.45) is 5.92 Å². The topological polar surface area (TPSA) is 59.9 Å². The molecule has 2 aromatic heterocycles. The van der Waals surface area contributed by atoms with Gasteiger partial charge in [0, 0.05) is 23.3 Å². The molecule has 106 valence electrons. The lowest BCUT2D eigenvalue weighted by molar-refractivity contribution is 0.450. The summed E-state index contributed by atoms with van der Waals surface area (Å²) in [5.74, 6) is 1.70. The number of hydrogen-bond donors (Lipinski definition) is 1. The second kappa shape index (κ2) is 7.31. The van der Waals surface area contributed by atoms with Crippen molar-refractivity contribution in [2.45, 2.75) is 20.4 Å². The zero-order valence-electron chi connectivity index (χ0n) is 11.5. The molecule has 0 aliphatic heterocycles. The zero-order chi connectivity index (χ0) is 14.4. The smallest absolute Gasteiger partial charge is 0.238 e. The van der Waals surface area contributed by atoms with Gasteiger partial charge in [-0.1, -0.05) is 13.8 Å². The minimum Gasteiger partial charge on any atom is -0.436 e. The van der Waals surface area contributed by atoms with Gasteiger partial charge in [0.05, 0.1) is 11.9 Å². The number of nitrogens with one attached hydrogen (secondary N) is 1. The standard InChI is InChI=1S/C14H17BrN4O/c1-10(2)6-16-8-12-3-4-14(19-18-12)20-13-5-11(15)7-17-9-13/h3-5,7,9-10,16H,6,8H2,1-2H3. The number of halogens is 1. The average Bonchev–Trinajstić information content (AvgIpc) is 2.40. The lowest BCUT2D eigenvalue weighted by atomic mass is 10.2. The first-order chi connectivity index (χ1) is 9.63. The number of pyridine rings is 1. The fourth-order valence-electron chi connectivity index (χ4n) is 1.55. The van der Waals surface area contributed by atoms with Gasteiger partial charge in [-0.05, 0) is 40.5 Å². The third kappa shape index (κ3) is 4.86. The summed E-state index contributed by atoms with van der Waals surface area (Å²) in [7, 11) is 0. The number of hydrogen-bond acceptors (Lipinski definition) is 5. The summed E-state index contributed by atoms with van der Waals surface area (Å²) in [5, 5.41) is 11.5. The molecule has 0 aliphatic carbocycles. The number of aromatic nitrogens is 3. The summed E-state index contributed by atoms with van der Waals surface area (Å²) in [6.07, 6.45) is 3.33. The molecule has 0 spiro atoms. The molecule has 2 rings (SSSR count). The van der Waals surface area contributed by atoms with Gasteiger partial charge in [-0.3, -0.25) is 4.98 Å². The molecule has 2 heterocycles. The van der Waals surface area contributed by atoms with E-state index in [9.17, 15) is 0 Å². The molecule has 0 atom stereocenters. The maximum Gasteiger partial charge on any atom is 0.238 e. The Kier molecular flexibility index (Phi) is 5.43. The van der Waals surface area contributed by atoms with Crippen LogP contribution in [0.15, 0.2) is 35.1 Å². The third-order valence-corrected chi connectivity index (χ3v) is 2.89. The fourth-order valence-corrected chi connectivity index (χ4v) is 1.90. The van der Waals surface area contributed by atoms with Gasteiger partial charge in [-0.2, -0.15) is 5.10 Å². The zero-order valence-corrected chi connectivity index (χ0v) is 13.1. The molecule has 0 saturated heterocycles. The summed E-state index contributed by atoms with van der Waals surface area (Å²) in [6.45, 7) is 6.01. The molecule has 0 radical (unpaired) electrons. The van der Waals surface area contributed by atoms with Gasteiger partial charge < -0.3 is 10.1 Å². The van der Waals surface area contributed by atoms with Gasteiger partial charge in [0.25, 0.3) is 0 Å². The monoisotopic (exact) mass is 336 g/mol. The molecular formula is C14H17BrN4O. The Morgan fingerprint density at radius 2 is 2.10 bits per heavy atom. The highest BCUT2D eigenvalue weighted by atomic mass is 79.9. The quantitative estimate of drug-likeness (QED) is 0.877. The first-order valence-electron chi connectivity index (χ1n) is 6.45. The molecule has 20 heavy (non-hydrogen) atoms. The molecule has 1 N–H and O–H groups in total. The van der Waals surface area contributed by atoms with E-state index in [2.05, 4.69) is 50.3 Å². The number of ether oxygens (including phenoxy) is 1. The van der Waals surface area contributed by atoms with Crippen molar-refractivity contribution >= 4 is 15.9 Å². The van der Waals surface area contributed by atoms with Crippen molar-refractivity contribution in [3.63, 3.8) is 0 Å². The Bertz CT molecular complexity index is 545. The summed E-state index contributed by atoms with van der Waals surface area (Å²) in [4.78, 5) is 4.02. The van der Waals surface area contributed by atoms with E-state index < -0.39 is 0 Å². The molecule has 5 nitrogen and oxygen atoms in total. The van der Waals surface area contributed by atoms with Crippen molar-refractivity contribution < 1.29 is 4.74 Å². The van der Waals surface area contributed by atoms with Crippen LogP contribution in [0.4, 0.5) is 0 Å². The lowest BCUT2D eigenvalue weighted by Crippen LogP contribution is -2.19. The van der Waals surface area contributed by atoms with Gasteiger partial charge in [0.2, 0.25) is 5.88 Å². The number of nitrogens with zero attached hydrogens (tertiary/aromatic N) is 3. The van der Waals surface area contributed by atoms with E-state index in [-0.39, 0.29) is 0 Å². The van der Waals surface area contributed by atoms with Crippen LogP contribution in [-0.4, -0.2) is 21.7 Å². The van der Waals surface area contributed by atoms with Gasteiger partial charge in [0.15, 0.2) is 0 Å². The normalized spacial score (nSPS) is 10.8. The molecule has 0 aliphatic rings. The summed E-state index contributed by atoms with van der Waals surface area (Å²) >= 11 is 3.34. The van der Waals surface area contributed by atoms with Crippen molar-refractivity contribution in [1.82, 2.24) is 20.5 Å². The van der Waals surface area contributed by atoms with E-state index in [0.29, 0.717) is 24.1 Å². The summed E-state index contributed by atoms with van der Waals surface area (Å²) in [6, 6.07) is 5.54. The minimum absolute atomic E-state index is 0.456. The highest BCUT2D eigenvalue weighted by Gasteiger charge is 2.02. The Balaban J connectivity index is 1.91. The fraction of sp³-hybridized carbons (Fsp3) is 0.357. The molecule has 0 amide bonds. The predicted molar refractivity (Wildman–Crippen MR) is 80.6 cm³/mol. The van der Waals surface area contributed by atoms with Crippen molar-refractivity contribution in [3.8, 4) is 11.6 Å². The Labute approximate surface area is 126 Å². The van der Waals surface area contributed by atoms with E-state index in [1.807, 2.05) is 12.1 Å². The van der Waals surface area contributed by atoms with E-state index >= 15 is 0 Å².